The molecule has 0 radical (unpaired) electrons. The lowest BCUT2D eigenvalue weighted by Crippen LogP contribution is -2.37. The first-order valence-electron chi connectivity index (χ1n) is 7.36. The van der Waals surface area contributed by atoms with Gasteiger partial charge in [0.05, 0.1) is 7.11 Å². The first-order valence-corrected chi connectivity index (χ1v) is 8.17. The third kappa shape index (κ3) is 4.81. The topological polar surface area (TPSA) is 76.7 Å². The van der Waals surface area contributed by atoms with Crippen molar-refractivity contribution in [2.24, 2.45) is 0 Å². The van der Waals surface area contributed by atoms with Crippen molar-refractivity contribution in [3.05, 3.63) is 46.2 Å². The van der Waals surface area contributed by atoms with E-state index < -0.39 is 11.8 Å². The van der Waals surface area contributed by atoms with Gasteiger partial charge >= 0.3 is 11.8 Å². The molecule has 6 nitrogen and oxygen atoms in total. The molecule has 0 aliphatic heterocycles. The zero-order valence-electron chi connectivity index (χ0n) is 13.8. The van der Waals surface area contributed by atoms with Gasteiger partial charge in [0.15, 0.2) is 0 Å². The van der Waals surface area contributed by atoms with Gasteiger partial charge in [-0.05, 0) is 43.3 Å². The molecular weight excluding hydrogens is 328 g/mol. The Morgan fingerprint density at radius 2 is 1.79 bits per heavy atom. The molecule has 2 rings (SSSR count). The Morgan fingerprint density at radius 3 is 2.33 bits per heavy atom. The summed E-state index contributed by atoms with van der Waals surface area (Å²) in [5.74, 6) is -0.759. The second-order valence-corrected chi connectivity index (χ2v) is 6.38. The Bertz CT molecular complexity index is 697. The molecule has 0 saturated carbocycles. The Hall–Kier alpha value is -2.38. The van der Waals surface area contributed by atoms with Gasteiger partial charge in [-0.2, -0.15) is 0 Å². The van der Waals surface area contributed by atoms with E-state index in [2.05, 4.69) is 10.6 Å². The van der Waals surface area contributed by atoms with Crippen LogP contribution in [0, 0.1) is 6.92 Å². The number of aryl methyl sites for hydroxylation is 1. The number of ether oxygens (including phenoxy) is 2. The number of benzene rings is 1. The quantitative estimate of drug-likeness (QED) is 0.787. The minimum atomic E-state index is -0.725. The number of anilines is 1. The van der Waals surface area contributed by atoms with Gasteiger partial charge in [0.1, 0.15) is 11.9 Å². The monoisotopic (exact) mass is 348 g/mol. The molecule has 0 aliphatic rings. The van der Waals surface area contributed by atoms with Crippen molar-refractivity contribution in [3.8, 4) is 5.75 Å². The lowest BCUT2D eigenvalue weighted by atomic mass is 10.2. The second kappa shape index (κ2) is 8.47. The van der Waals surface area contributed by atoms with E-state index >= 15 is 0 Å². The van der Waals surface area contributed by atoms with Crippen LogP contribution in [0.5, 0.6) is 5.75 Å². The molecule has 128 valence electrons. The van der Waals surface area contributed by atoms with Gasteiger partial charge in [-0.15, -0.1) is 11.3 Å². The van der Waals surface area contributed by atoms with E-state index in [1.165, 1.54) is 0 Å². The molecule has 0 aliphatic carbocycles. The third-order valence-electron chi connectivity index (χ3n) is 3.37. The summed E-state index contributed by atoms with van der Waals surface area (Å²) in [7, 11) is 3.13. The molecule has 1 aromatic heterocycles. The van der Waals surface area contributed by atoms with E-state index in [9.17, 15) is 9.59 Å². The zero-order valence-corrected chi connectivity index (χ0v) is 14.6. The van der Waals surface area contributed by atoms with Gasteiger partial charge in [0.2, 0.25) is 0 Å². The van der Waals surface area contributed by atoms with Crippen molar-refractivity contribution >= 4 is 28.8 Å². The second-order valence-electron chi connectivity index (χ2n) is 5.07. The first kappa shape index (κ1) is 18.0. The fraction of sp³-hybridized carbons (Fsp3) is 0.294. The summed E-state index contributed by atoms with van der Waals surface area (Å²) in [6, 6.07) is 10.7. The van der Waals surface area contributed by atoms with Gasteiger partial charge in [-0.1, -0.05) is 0 Å². The van der Waals surface area contributed by atoms with Gasteiger partial charge in [-0.25, -0.2) is 0 Å². The highest BCUT2D eigenvalue weighted by Crippen LogP contribution is 2.24. The van der Waals surface area contributed by atoms with Crippen LogP contribution in [0.15, 0.2) is 36.4 Å². The molecular formula is C17H20N2O4S. The average Bonchev–Trinajstić information content (AvgIpc) is 3.02. The molecule has 1 atom stereocenters. The average molecular weight is 348 g/mol. The summed E-state index contributed by atoms with van der Waals surface area (Å²) in [5, 5.41) is 5.12. The van der Waals surface area contributed by atoms with Gasteiger partial charge in [-0.3, -0.25) is 9.59 Å². The molecule has 2 amide bonds. The molecule has 7 heteroatoms. The van der Waals surface area contributed by atoms with Crippen LogP contribution >= 0.6 is 11.3 Å². The Balaban J connectivity index is 1.87. The van der Waals surface area contributed by atoms with Gasteiger partial charge in [0, 0.05) is 29.1 Å². The maximum Gasteiger partial charge on any atom is 0.313 e. The SMILES string of the molecule is COc1ccc(NC(=O)C(=O)NC[C@H](OC)c2ccc(C)s2)cc1. The predicted molar refractivity (Wildman–Crippen MR) is 93.4 cm³/mol. The number of carbonyl (C=O) groups excluding carboxylic acids is 2. The largest absolute Gasteiger partial charge is 0.497 e. The van der Waals surface area contributed by atoms with Crippen LogP contribution in [-0.4, -0.2) is 32.6 Å². The molecule has 2 aromatic rings. The Kier molecular flexibility index (Phi) is 6.34. The Morgan fingerprint density at radius 1 is 1.08 bits per heavy atom. The number of methoxy groups -OCH3 is 2. The molecule has 1 aromatic carbocycles. The van der Waals surface area contributed by atoms with Crippen LogP contribution in [0.1, 0.15) is 15.9 Å². The molecule has 1 heterocycles. The summed E-state index contributed by atoms with van der Waals surface area (Å²) in [5.41, 5.74) is 0.521. The van der Waals surface area contributed by atoms with E-state index in [0.29, 0.717) is 11.4 Å². The molecule has 0 saturated heterocycles. The van der Waals surface area contributed by atoms with E-state index in [1.54, 1.807) is 49.8 Å². The van der Waals surface area contributed by atoms with Crippen LogP contribution < -0.4 is 15.4 Å². The minimum Gasteiger partial charge on any atom is -0.497 e. The van der Waals surface area contributed by atoms with Crippen molar-refractivity contribution in [3.63, 3.8) is 0 Å². The van der Waals surface area contributed by atoms with Crippen molar-refractivity contribution in [2.45, 2.75) is 13.0 Å². The number of hydrogen-bond acceptors (Lipinski definition) is 5. The molecule has 2 N–H and O–H groups in total. The highest BCUT2D eigenvalue weighted by molar-refractivity contribution is 7.12. The summed E-state index contributed by atoms with van der Waals surface area (Å²) in [6.07, 6.45) is -0.276. The van der Waals surface area contributed by atoms with Crippen molar-refractivity contribution in [1.82, 2.24) is 5.32 Å². The van der Waals surface area contributed by atoms with Crippen molar-refractivity contribution in [2.75, 3.05) is 26.1 Å². The van der Waals surface area contributed by atoms with Crippen LogP contribution in [0.3, 0.4) is 0 Å². The Labute approximate surface area is 144 Å². The van der Waals surface area contributed by atoms with E-state index in [0.717, 1.165) is 9.75 Å². The van der Waals surface area contributed by atoms with Crippen LogP contribution in [0.2, 0.25) is 0 Å². The fourth-order valence-electron chi connectivity index (χ4n) is 2.05. The normalized spacial score (nSPS) is 11.6. The molecule has 0 bridgehead atoms. The minimum absolute atomic E-state index is 0.227. The van der Waals surface area contributed by atoms with Crippen LogP contribution in [0.4, 0.5) is 5.69 Å². The molecule has 0 fully saturated rings. The van der Waals surface area contributed by atoms with Gasteiger partial charge in [0.25, 0.3) is 0 Å². The summed E-state index contributed by atoms with van der Waals surface area (Å²) < 4.78 is 10.4. The molecule has 0 spiro atoms. The number of carbonyl (C=O) groups is 2. The summed E-state index contributed by atoms with van der Waals surface area (Å²) in [4.78, 5) is 26.0. The zero-order chi connectivity index (χ0) is 17.5. The number of hydrogen-bond donors (Lipinski definition) is 2. The third-order valence-corrected chi connectivity index (χ3v) is 4.46. The van der Waals surface area contributed by atoms with Crippen LogP contribution in [-0.2, 0) is 14.3 Å². The molecule has 0 unspecified atom stereocenters. The number of nitrogens with one attached hydrogen (secondary N) is 2. The van der Waals surface area contributed by atoms with Gasteiger partial charge < -0.3 is 20.1 Å². The number of thiophene rings is 1. The highest BCUT2D eigenvalue weighted by Gasteiger charge is 2.18. The smallest absolute Gasteiger partial charge is 0.313 e. The number of amides is 2. The van der Waals surface area contributed by atoms with Crippen molar-refractivity contribution < 1.29 is 19.1 Å². The maximum absolute atomic E-state index is 11.9. The predicted octanol–water partition coefficient (Wildman–Crippen LogP) is 2.51. The van der Waals surface area contributed by atoms with E-state index in [-0.39, 0.29) is 12.6 Å². The standard InChI is InChI=1S/C17H20N2O4S/c1-11-4-9-15(24-11)14(23-3)10-18-16(20)17(21)19-12-5-7-13(22-2)8-6-12/h4-9,14H,10H2,1-3H3,(H,18,20)(H,19,21)/t14-/m0/s1. The lowest BCUT2D eigenvalue weighted by Gasteiger charge is -2.14. The molecule has 24 heavy (non-hydrogen) atoms. The maximum atomic E-state index is 11.9. The first-order chi connectivity index (χ1) is 11.5. The highest BCUT2D eigenvalue weighted by atomic mass is 32.1. The number of rotatable bonds is 6. The van der Waals surface area contributed by atoms with E-state index in [1.807, 2.05) is 19.1 Å². The summed E-state index contributed by atoms with van der Waals surface area (Å²) >= 11 is 1.60. The summed E-state index contributed by atoms with van der Waals surface area (Å²) in [6.45, 7) is 2.23. The van der Waals surface area contributed by atoms with Crippen molar-refractivity contribution in [1.29, 1.82) is 0 Å². The lowest BCUT2D eigenvalue weighted by molar-refractivity contribution is -0.136. The van der Waals surface area contributed by atoms with E-state index in [4.69, 9.17) is 9.47 Å². The fourth-order valence-corrected chi connectivity index (χ4v) is 3.01. The van der Waals surface area contributed by atoms with Crippen LogP contribution in [0.25, 0.3) is 0 Å².